The largest absolute Gasteiger partial charge is 0.390 e. The van der Waals surface area contributed by atoms with E-state index in [-0.39, 0.29) is 17.9 Å². The van der Waals surface area contributed by atoms with Crippen LogP contribution in [0, 0.1) is 5.92 Å². The lowest BCUT2D eigenvalue weighted by atomic mass is 9.84. The van der Waals surface area contributed by atoms with Gasteiger partial charge in [-0.3, -0.25) is 4.79 Å². The molecule has 128 valence electrons. The Morgan fingerprint density at radius 1 is 1.35 bits per heavy atom. The van der Waals surface area contributed by atoms with Gasteiger partial charge in [0.25, 0.3) is 0 Å². The van der Waals surface area contributed by atoms with Crippen molar-refractivity contribution < 1.29 is 14.6 Å². The van der Waals surface area contributed by atoms with E-state index in [0.29, 0.717) is 25.8 Å². The number of ether oxygens (including phenoxy) is 1. The van der Waals surface area contributed by atoms with Crippen LogP contribution in [0.15, 0.2) is 24.3 Å². The number of benzene rings is 1. The number of methoxy groups -OCH3 is 1. The Bertz CT molecular complexity index is 519. The molecule has 23 heavy (non-hydrogen) atoms. The third-order valence-corrected chi connectivity index (χ3v) is 4.39. The van der Waals surface area contributed by atoms with Crippen LogP contribution in [0.2, 0.25) is 0 Å². The van der Waals surface area contributed by atoms with Crippen molar-refractivity contribution in [1.29, 1.82) is 0 Å². The van der Waals surface area contributed by atoms with Crippen LogP contribution in [0.1, 0.15) is 30.4 Å². The van der Waals surface area contributed by atoms with E-state index in [1.165, 1.54) is 5.56 Å². The molecular formula is C18H28N2O3. The third-order valence-electron chi connectivity index (χ3n) is 4.39. The Kier molecular flexibility index (Phi) is 6.57. The Morgan fingerprint density at radius 3 is 2.78 bits per heavy atom. The summed E-state index contributed by atoms with van der Waals surface area (Å²) in [6, 6.07) is 8.28. The molecule has 0 aliphatic heterocycles. The zero-order valence-electron chi connectivity index (χ0n) is 14.3. The van der Waals surface area contributed by atoms with Crippen molar-refractivity contribution in [3.05, 3.63) is 35.4 Å². The quantitative estimate of drug-likeness (QED) is 0.835. The van der Waals surface area contributed by atoms with Crippen molar-refractivity contribution in [2.75, 3.05) is 21.2 Å². The molecule has 1 aromatic carbocycles. The van der Waals surface area contributed by atoms with Crippen molar-refractivity contribution >= 4 is 5.91 Å². The van der Waals surface area contributed by atoms with Crippen LogP contribution in [0.25, 0.3) is 0 Å². The van der Waals surface area contributed by atoms with Gasteiger partial charge in [-0.2, -0.15) is 0 Å². The first-order valence-electron chi connectivity index (χ1n) is 8.20. The zero-order valence-corrected chi connectivity index (χ0v) is 14.3. The van der Waals surface area contributed by atoms with Crippen LogP contribution in [0.3, 0.4) is 0 Å². The fourth-order valence-electron chi connectivity index (χ4n) is 3.14. The minimum absolute atomic E-state index is 0.0527. The van der Waals surface area contributed by atoms with Gasteiger partial charge in [-0.15, -0.1) is 0 Å². The predicted octanol–water partition coefficient (Wildman–Crippen LogP) is 1.54. The number of rotatable bonds is 6. The molecule has 0 bridgehead atoms. The fraction of sp³-hybridized carbons (Fsp3) is 0.611. The topological polar surface area (TPSA) is 61.8 Å². The number of hydrogen-bond acceptors (Lipinski definition) is 4. The molecule has 1 saturated carbocycles. The SMILES string of the molecule is CO[C@@H]1C[C@H](C(=O)NCc2cccc(CN(C)C)c2)CC[C@@H]1O. The second kappa shape index (κ2) is 8.43. The number of carbonyl (C=O) groups is 1. The Morgan fingerprint density at radius 2 is 2.09 bits per heavy atom. The first-order chi connectivity index (χ1) is 11.0. The van der Waals surface area contributed by atoms with Crippen molar-refractivity contribution in [3.8, 4) is 0 Å². The molecule has 5 heteroatoms. The first-order valence-corrected chi connectivity index (χ1v) is 8.20. The average Bonchev–Trinajstić information content (AvgIpc) is 2.53. The van der Waals surface area contributed by atoms with Crippen molar-refractivity contribution in [1.82, 2.24) is 10.2 Å². The van der Waals surface area contributed by atoms with Crippen molar-refractivity contribution in [3.63, 3.8) is 0 Å². The van der Waals surface area contributed by atoms with Gasteiger partial charge < -0.3 is 20.1 Å². The Balaban J connectivity index is 1.87. The number of aliphatic hydroxyl groups excluding tert-OH is 1. The number of nitrogens with zero attached hydrogens (tertiary/aromatic N) is 1. The van der Waals surface area contributed by atoms with Crippen LogP contribution in [-0.2, 0) is 22.6 Å². The molecule has 1 aromatic rings. The van der Waals surface area contributed by atoms with E-state index >= 15 is 0 Å². The second-order valence-corrected chi connectivity index (χ2v) is 6.63. The van der Waals surface area contributed by atoms with Gasteiger partial charge in [0.1, 0.15) is 0 Å². The maximum absolute atomic E-state index is 12.3. The summed E-state index contributed by atoms with van der Waals surface area (Å²) >= 11 is 0. The van der Waals surface area contributed by atoms with Crippen LogP contribution in [0.4, 0.5) is 0 Å². The van der Waals surface area contributed by atoms with Crippen LogP contribution in [0.5, 0.6) is 0 Å². The van der Waals surface area contributed by atoms with Gasteiger partial charge >= 0.3 is 0 Å². The van der Waals surface area contributed by atoms with E-state index in [0.717, 1.165) is 12.1 Å². The molecule has 2 rings (SSSR count). The number of hydrogen-bond donors (Lipinski definition) is 2. The lowest BCUT2D eigenvalue weighted by Gasteiger charge is -2.31. The van der Waals surface area contributed by atoms with Gasteiger partial charge in [0.05, 0.1) is 12.2 Å². The Hall–Kier alpha value is -1.43. The molecular weight excluding hydrogens is 292 g/mol. The van der Waals surface area contributed by atoms with Crippen LogP contribution >= 0.6 is 0 Å². The third kappa shape index (κ3) is 5.30. The highest BCUT2D eigenvalue weighted by atomic mass is 16.5. The normalized spacial score (nSPS) is 24.7. The summed E-state index contributed by atoms with van der Waals surface area (Å²) in [6.07, 6.45) is 1.24. The first kappa shape index (κ1) is 17.9. The molecule has 0 radical (unpaired) electrons. The molecule has 0 saturated heterocycles. The summed E-state index contributed by atoms with van der Waals surface area (Å²) in [5.74, 6) is -0.0229. The van der Waals surface area contributed by atoms with E-state index in [1.807, 2.05) is 26.2 Å². The van der Waals surface area contributed by atoms with E-state index < -0.39 is 6.10 Å². The molecule has 0 unspecified atom stereocenters. The van der Waals surface area contributed by atoms with Crippen molar-refractivity contribution in [2.45, 2.75) is 44.6 Å². The molecule has 1 amide bonds. The summed E-state index contributed by atoms with van der Waals surface area (Å²) in [7, 11) is 5.67. The monoisotopic (exact) mass is 320 g/mol. The molecule has 1 aliphatic rings. The second-order valence-electron chi connectivity index (χ2n) is 6.63. The highest BCUT2D eigenvalue weighted by Crippen LogP contribution is 2.26. The molecule has 1 fully saturated rings. The van der Waals surface area contributed by atoms with Crippen LogP contribution in [-0.4, -0.2) is 49.3 Å². The summed E-state index contributed by atoms with van der Waals surface area (Å²) in [5, 5.41) is 12.8. The van der Waals surface area contributed by atoms with Gasteiger partial charge in [-0.05, 0) is 44.5 Å². The minimum atomic E-state index is -0.452. The molecule has 1 aliphatic carbocycles. The highest BCUT2D eigenvalue weighted by Gasteiger charge is 2.32. The van der Waals surface area contributed by atoms with Crippen molar-refractivity contribution in [2.24, 2.45) is 5.92 Å². The standard InChI is InChI=1S/C18H28N2O3/c1-20(2)12-14-6-4-5-13(9-14)11-19-18(22)15-7-8-16(21)17(10-15)23-3/h4-6,9,15-17,21H,7-8,10-12H2,1-3H3,(H,19,22)/t15-,16+,17-/m1/s1. The maximum atomic E-state index is 12.3. The lowest BCUT2D eigenvalue weighted by Crippen LogP contribution is -2.41. The predicted molar refractivity (Wildman–Crippen MR) is 89.8 cm³/mol. The minimum Gasteiger partial charge on any atom is -0.390 e. The van der Waals surface area contributed by atoms with E-state index in [1.54, 1.807) is 7.11 Å². The lowest BCUT2D eigenvalue weighted by molar-refractivity contribution is -0.130. The van der Waals surface area contributed by atoms with Gasteiger partial charge in [0, 0.05) is 26.1 Å². The Labute approximate surface area is 138 Å². The van der Waals surface area contributed by atoms with Gasteiger partial charge in [0.15, 0.2) is 0 Å². The molecule has 5 nitrogen and oxygen atoms in total. The van der Waals surface area contributed by atoms with E-state index in [4.69, 9.17) is 4.74 Å². The number of carbonyl (C=O) groups excluding carboxylic acids is 1. The number of nitrogens with one attached hydrogen (secondary N) is 1. The highest BCUT2D eigenvalue weighted by molar-refractivity contribution is 5.78. The van der Waals surface area contributed by atoms with E-state index in [2.05, 4.69) is 22.3 Å². The molecule has 3 atom stereocenters. The summed E-state index contributed by atoms with van der Waals surface area (Å²) in [4.78, 5) is 14.5. The molecule has 0 heterocycles. The zero-order chi connectivity index (χ0) is 16.8. The number of aliphatic hydroxyl groups is 1. The molecule has 0 spiro atoms. The smallest absolute Gasteiger partial charge is 0.223 e. The number of amides is 1. The van der Waals surface area contributed by atoms with Gasteiger partial charge in [-0.25, -0.2) is 0 Å². The fourth-order valence-corrected chi connectivity index (χ4v) is 3.14. The van der Waals surface area contributed by atoms with Gasteiger partial charge in [0.2, 0.25) is 5.91 Å². The maximum Gasteiger partial charge on any atom is 0.223 e. The summed E-state index contributed by atoms with van der Waals surface area (Å²) in [6.45, 7) is 1.43. The molecule has 2 N–H and O–H groups in total. The average molecular weight is 320 g/mol. The van der Waals surface area contributed by atoms with Gasteiger partial charge in [-0.1, -0.05) is 24.3 Å². The summed E-state index contributed by atoms with van der Waals surface area (Å²) in [5.41, 5.74) is 2.35. The molecule has 0 aromatic heterocycles. The summed E-state index contributed by atoms with van der Waals surface area (Å²) < 4.78 is 5.26. The van der Waals surface area contributed by atoms with Crippen LogP contribution < -0.4 is 5.32 Å². The van der Waals surface area contributed by atoms with E-state index in [9.17, 15) is 9.90 Å².